The first kappa shape index (κ1) is 26.2. The van der Waals surface area contributed by atoms with Crippen LogP contribution < -0.4 is 25.0 Å². The molecule has 0 bridgehead atoms. The Bertz CT molecular complexity index is 1120. The zero-order valence-electron chi connectivity index (χ0n) is 18.7. The third kappa shape index (κ3) is 6.96. The van der Waals surface area contributed by atoms with Crippen LogP contribution in [0, 0.1) is 5.82 Å². The van der Waals surface area contributed by atoms with E-state index in [9.17, 15) is 14.0 Å². The lowest BCUT2D eigenvalue weighted by Gasteiger charge is -2.25. The highest BCUT2D eigenvalue weighted by atomic mass is 19.1. The molecule has 3 rings (SSSR count). The summed E-state index contributed by atoms with van der Waals surface area (Å²) in [5, 5.41) is 5.80. The molecule has 7 nitrogen and oxygen atoms in total. The van der Waals surface area contributed by atoms with Crippen LogP contribution in [0.15, 0.2) is 66.7 Å². The predicted octanol–water partition coefficient (Wildman–Crippen LogP) is 5.32. The summed E-state index contributed by atoms with van der Waals surface area (Å²) in [6, 6.07) is 18.4. The van der Waals surface area contributed by atoms with E-state index in [1.54, 1.807) is 37.4 Å². The van der Waals surface area contributed by atoms with Crippen molar-refractivity contribution in [3.8, 4) is 17.2 Å². The van der Waals surface area contributed by atoms with Crippen molar-refractivity contribution >= 4 is 23.2 Å². The minimum Gasteiger partial charge on any atom is -0.497 e. The number of methoxy groups -OCH3 is 1. The highest BCUT2D eigenvalue weighted by molar-refractivity contribution is 5.93. The fourth-order valence-electron chi connectivity index (χ4n) is 3.20. The van der Waals surface area contributed by atoms with Gasteiger partial charge in [-0.2, -0.15) is 0 Å². The quantitative estimate of drug-likeness (QED) is 0.416. The van der Waals surface area contributed by atoms with Crippen molar-refractivity contribution in [1.29, 1.82) is 0 Å². The van der Waals surface area contributed by atoms with E-state index >= 15 is 0 Å². The molecule has 0 heterocycles. The van der Waals surface area contributed by atoms with E-state index in [1.807, 2.05) is 18.2 Å². The average Bonchev–Trinajstić information content (AvgIpc) is 2.79. The van der Waals surface area contributed by atoms with Gasteiger partial charge in [-0.05, 0) is 48.0 Å². The summed E-state index contributed by atoms with van der Waals surface area (Å²) in [5.74, 6) is 0.533. The fourth-order valence-corrected chi connectivity index (χ4v) is 3.20. The second-order valence-electron chi connectivity index (χ2n) is 7.24. The van der Waals surface area contributed by atoms with Crippen LogP contribution in [0.5, 0.6) is 17.2 Å². The van der Waals surface area contributed by atoms with E-state index in [1.165, 1.54) is 36.9 Å². The van der Waals surface area contributed by atoms with Gasteiger partial charge in [0.1, 0.15) is 17.3 Å². The second kappa shape index (κ2) is 12.2. The smallest absolute Gasteiger partial charge is 0.224 e. The van der Waals surface area contributed by atoms with Gasteiger partial charge in [0.05, 0.1) is 26.0 Å². The fraction of sp³-hybridized carbons (Fsp3) is 0.231. The maximum absolute atomic E-state index is 14.2. The van der Waals surface area contributed by atoms with Gasteiger partial charge in [0.2, 0.25) is 11.8 Å². The predicted molar refractivity (Wildman–Crippen MR) is 132 cm³/mol. The monoisotopic (exact) mass is 467 g/mol. The Kier molecular flexibility index (Phi) is 9.43. The summed E-state index contributed by atoms with van der Waals surface area (Å²) >= 11 is 0. The van der Waals surface area contributed by atoms with Gasteiger partial charge < -0.3 is 25.0 Å². The van der Waals surface area contributed by atoms with E-state index in [0.717, 1.165) is 0 Å². The Labute approximate surface area is 199 Å². The van der Waals surface area contributed by atoms with Crippen LogP contribution in [0.3, 0.4) is 0 Å². The van der Waals surface area contributed by atoms with Gasteiger partial charge in [-0.1, -0.05) is 25.6 Å². The molecule has 0 aromatic heterocycles. The van der Waals surface area contributed by atoms with Crippen LogP contribution in [-0.4, -0.2) is 25.6 Å². The van der Waals surface area contributed by atoms with E-state index in [4.69, 9.17) is 9.47 Å². The maximum atomic E-state index is 14.2. The van der Waals surface area contributed by atoms with Crippen molar-refractivity contribution in [2.75, 3.05) is 24.0 Å². The van der Waals surface area contributed by atoms with Gasteiger partial charge in [0.15, 0.2) is 5.75 Å². The Balaban J connectivity index is 0.00000408. The Morgan fingerprint density at radius 2 is 1.71 bits per heavy atom. The number of nitrogens with zero attached hydrogens (tertiary/aromatic N) is 1. The van der Waals surface area contributed by atoms with Crippen molar-refractivity contribution in [3.05, 3.63) is 78.1 Å². The number of carbonyl (C=O) groups excluding carboxylic acids is 2. The number of para-hydroxylation sites is 1. The third-order valence-corrected chi connectivity index (χ3v) is 4.82. The van der Waals surface area contributed by atoms with Crippen molar-refractivity contribution < 1.29 is 23.5 Å². The molecule has 0 spiro atoms. The number of hydrogen-bond donors (Lipinski definition) is 2. The molecule has 3 aromatic rings. The molecular formula is C26H30FN3O4. The standard InChI is InChI=1S/C25H26FN3O4.CH4/c1-17(30)27-16-28-23-11-10-22(32-3)13-19(23)15-29(18(2)31)24-14-20(26)9-12-25(24)33-21-7-5-4-6-8-21;/h4-14,28H,15-16H2,1-3H3,(H,27,30);1H4. The maximum Gasteiger partial charge on any atom is 0.224 e. The molecule has 0 atom stereocenters. The number of benzene rings is 3. The van der Waals surface area contributed by atoms with Crippen LogP contribution in [0.25, 0.3) is 0 Å². The lowest BCUT2D eigenvalue weighted by Crippen LogP contribution is -2.30. The van der Waals surface area contributed by atoms with Crippen molar-refractivity contribution in [2.45, 2.75) is 27.8 Å². The molecule has 180 valence electrons. The number of carbonyl (C=O) groups is 2. The molecule has 0 aliphatic carbocycles. The Hall–Kier alpha value is -4.07. The molecular weight excluding hydrogens is 437 g/mol. The minimum absolute atomic E-state index is 0. The van der Waals surface area contributed by atoms with Crippen LogP contribution in [0.2, 0.25) is 0 Å². The molecule has 34 heavy (non-hydrogen) atoms. The topological polar surface area (TPSA) is 79.9 Å². The minimum atomic E-state index is -0.494. The molecule has 2 amide bonds. The highest BCUT2D eigenvalue weighted by Crippen LogP contribution is 2.35. The van der Waals surface area contributed by atoms with E-state index in [2.05, 4.69) is 10.6 Å². The molecule has 0 aliphatic rings. The van der Waals surface area contributed by atoms with Crippen LogP contribution in [0.4, 0.5) is 15.8 Å². The molecule has 2 N–H and O–H groups in total. The van der Waals surface area contributed by atoms with Crippen molar-refractivity contribution in [2.24, 2.45) is 0 Å². The largest absolute Gasteiger partial charge is 0.497 e. The van der Waals surface area contributed by atoms with E-state index in [-0.39, 0.29) is 32.5 Å². The Morgan fingerprint density at radius 3 is 2.35 bits per heavy atom. The molecule has 0 fully saturated rings. The lowest BCUT2D eigenvalue weighted by atomic mass is 10.1. The first-order valence-corrected chi connectivity index (χ1v) is 10.3. The van der Waals surface area contributed by atoms with Gasteiger partial charge in [-0.3, -0.25) is 9.59 Å². The Morgan fingerprint density at radius 1 is 0.971 bits per heavy atom. The molecule has 0 aliphatic heterocycles. The van der Waals surface area contributed by atoms with Gasteiger partial charge in [0, 0.05) is 25.6 Å². The van der Waals surface area contributed by atoms with Crippen LogP contribution >= 0.6 is 0 Å². The number of ether oxygens (including phenoxy) is 2. The normalized spacial score (nSPS) is 10.0. The van der Waals surface area contributed by atoms with E-state index in [0.29, 0.717) is 34.2 Å². The molecule has 0 radical (unpaired) electrons. The third-order valence-electron chi connectivity index (χ3n) is 4.82. The SMILES string of the molecule is C.COc1ccc(NCNC(C)=O)c(CN(C(C)=O)c2cc(F)ccc2Oc2ccccc2)c1. The molecule has 0 unspecified atom stereocenters. The molecule has 0 saturated carbocycles. The van der Waals surface area contributed by atoms with Crippen LogP contribution in [-0.2, 0) is 16.1 Å². The van der Waals surface area contributed by atoms with Crippen molar-refractivity contribution in [3.63, 3.8) is 0 Å². The summed E-state index contributed by atoms with van der Waals surface area (Å²) in [6.45, 7) is 3.15. The molecule has 8 heteroatoms. The highest BCUT2D eigenvalue weighted by Gasteiger charge is 2.20. The van der Waals surface area contributed by atoms with Gasteiger partial charge in [-0.15, -0.1) is 0 Å². The van der Waals surface area contributed by atoms with Gasteiger partial charge in [-0.25, -0.2) is 4.39 Å². The van der Waals surface area contributed by atoms with Crippen molar-refractivity contribution in [1.82, 2.24) is 5.32 Å². The average molecular weight is 468 g/mol. The summed E-state index contributed by atoms with van der Waals surface area (Å²) in [7, 11) is 1.55. The van der Waals surface area contributed by atoms with Gasteiger partial charge >= 0.3 is 0 Å². The summed E-state index contributed by atoms with van der Waals surface area (Å²) < 4.78 is 25.5. The number of halogens is 1. The lowest BCUT2D eigenvalue weighted by molar-refractivity contribution is -0.119. The first-order chi connectivity index (χ1) is 15.9. The molecule has 3 aromatic carbocycles. The first-order valence-electron chi connectivity index (χ1n) is 10.3. The summed E-state index contributed by atoms with van der Waals surface area (Å²) in [5.41, 5.74) is 1.70. The number of amides is 2. The van der Waals surface area contributed by atoms with Gasteiger partial charge in [0.25, 0.3) is 0 Å². The number of anilines is 2. The zero-order chi connectivity index (χ0) is 23.8. The zero-order valence-corrected chi connectivity index (χ0v) is 18.7. The number of nitrogens with one attached hydrogen (secondary N) is 2. The number of hydrogen-bond acceptors (Lipinski definition) is 5. The molecule has 0 saturated heterocycles. The summed E-state index contributed by atoms with van der Waals surface area (Å²) in [4.78, 5) is 25.3. The summed E-state index contributed by atoms with van der Waals surface area (Å²) in [6.07, 6.45) is 0. The van der Waals surface area contributed by atoms with Crippen LogP contribution in [0.1, 0.15) is 26.8 Å². The van der Waals surface area contributed by atoms with E-state index < -0.39 is 5.82 Å². The number of rotatable bonds is 9. The second-order valence-corrected chi connectivity index (χ2v) is 7.24.